The topological polar surface area (TPSA) is 30.8 Å². The zero-order valence-electron chi connectivity index (χ0n) is 13.0. The van der Waals surface area contributed by atoms with E-state index in [1.54, 1.807) is 18.4 Å². The highest BCUT2D eigenvalue weighted by atomic mass is 16.5. The molecule has 0 fully saturated rings. The maximum Gasteiger partial charge on any atom is 0.149 e. The van der Waals surface area contributed by atoms with Crippen LogP contribution < -0.4 is 9.47 Å². The third kappa shape index (κ3) is 4.53. The lowest BCUT2D eigenvalue weighted by atomic mass is 10.2. The molecule has 0 saturated heterocycles. The number of hydrogen-bond acceptors (Lipinski definition) is 3. The van der Waals surface area contributed by atoms with Crippen molar-refractivity contribution in [2.45, 2.75) is 0 Å². The quantitative estimate of drug-likeness (QED) is 0.624. The van der Waals surface area contributed by atoms with Crippen LogP contribution in [0.4, 0.5) is 5.69 Å². The van der Waals surface area contributed by atoms with E-state index in [1.807, 2.05) is 48.5 Å². The maximum atomic E-state index is 5.76. The Hall–Kier alpha value is -3.43. The van der Waals surface area contributed by atoms with Gasteiger partial charge in [-0.15, -0.1) is 0 Å². The van der Waals surface area contributed by atoms with E-state index in [2.05, 4.69) is 28.7 Å². The van der Waals surface area contributed by atoms with Crippen LogP contribution in [0.15, 0.2) is 65.7 Å². The van der Waals surface area contributed by atoms with Crippen LogP contribution in [0.5, 0.6) is 11.5 Å². The largest absolute Gasteiger partial charge is 0.481 e. The smallest absolute Gasteiger partial charge is 0.149 e. The predicted octanol–water partition coefficient (Wildman–Crippen LogP) is 3.77. The van der Waals surface area contributed by atoms with Gasteiger partial charge in [0.1, 0.15) is 24.7 Å². The average molecular weight is 313 g/mol. The van der Waals surface area contributed by atoms with E-state index < -0.39 is 0 Å². The summed E-state index contributed by atoms with van der Waals surface area (Å²) >= 11 is 0. The van der Waals surface area contributed by atoms with Crippen molar-refractivity contribution in [3.8, 4) is 35.2 Å². The molecule has 0 radical (unpaired) electrons. The lowest BCUT2D eigenvalue weighted by molar-refractivity contribution is 0.351. The van der Waals surface area contributed by atoms with Crippen molar-refractivity contribution in [2.75, 3.05) is 13.2 Å². The highest BCUT2D eigenvalue weighted by molar-refractivity contribution is 5.85. The summed E-state index contributed by atoms with van der Waals surface area (Å²) < 4.78 is 11.4. The van der Waals surface area contributed by atoms with E-state index in [1.165, 1.54) is 0 Å². The summed E-state index contributed by atoms with van der Waals surface area (Å²) in [6, 6.07) is 15.4. The van der Waals surface area contributed by atoms with E-state index in [0.29, 0.717) is 18.1 Å². The summed E-state index contributed by atoms with van der Waals surface area (Å²) in [6.45, 7) is 0.599. The molecule has 3 heteroatoms. The van der Waals surface area contributed by atoms with Gasteiger partial charge in [0.25, 0.3) is 0 Å². The monoisotopic (exact) mass is 313 g/mol. The molecule has 3 rings (SSSR count). The van der Waals surface area contributed by atoms with Crippen molar-refractivity contribution in [3.63, 3.8) is 0 Å². The van der Waals surface area contributed by atoms with Crippen LogP contribution in [0.2, 0.25) is 0 Å². The lowest BCUT2D eigenvalue weighted by Crippen LogP contribution is -2.00. The Balaban J connectivity index is 1.86. The van der Waals surface area contributed by atoms with Gasteiger partial charge in [0.15, 0.2) is 0 Å². The third-order valence-electron chi connectivity index (χ3n) is 3.16. The second-order valence-electron chi connectivity index (χ2n) is 4.85. The Kier molecular flexibility index (Phi) is 5.33. The number of para-hydroxylation sites is 1. The molecule has 1 heterocycles. The molecule has 2 aromatic rings. The molecule has 0 aliphatic carbocycles. The zero-order valence-corrected chi connectivity index (χ0v) is 13.0. The summed E-state index contributed by atoms with van der Waals surface area (Å²) in [5.41, 5.74) is 1.75. The molecule has 0 amide bonds. The molecule has 0 N–H and O–H groups in total. The van der Waals surface area contributed by atoms with Gasteiger partial charge in [-0.3, -0.25) is 4.99 Å². The van der Waals surface area contributed by atoms with Gasteiger partial charge in [-0.1, -0.05) is 41.9 Å². The lowest BCUT2D eigenvalue weighted by Gasteiger charge is -2.09. The number of nitrogens with zero attached hydrogens (tertiary/aromatic N) is 1. The van der Waals surface area contributed by atoms with Gasteiger partial charge in [0, 0.05) is 17.8 Å². The Morgan fingerprint density at radius 3 is 2.42 bits per heavy atom. The summed E-state index contributed by atoms with van der Waals surface area (Å²) in [4.78, 5) is 4.47. The molecule has 3 nitrogen and oxygen atoms in total. The molecule has 0 atom stereocenters. The molecule has 0 saturated carbocycles. The summed E-state index contributed by atoms with van der Waals surface area (Å²) in [5.74, 6) is 12.9. The Labute approximate surface area is 141 Å². The van der Waals surface area contributed by atoms with E-state index in [-0.39, 0.29) is 6.61 Å². The number of hydrogen-bond donors (Lipinski definition) is 0. The van der Waals surface area contributed by atoms with Crippen molar-refractivity contribution in [3.05, 3.63) is 66.2 Å². The highest BCUT2D eigenvalue weighted by Gasteiger charge is 2.04. The summed E-state index contributed by atoms with van der Waals surface area (Å²) in [5, 5.41) is 0. The molecule has 2 bridgehead atoms. The van der Waals surface area contributed by atoms with Crippen LogP contribution in [0, 0.1) is 23.7 Å². The fourth-order valence-corrected chi connectivity index (χ4v) is 2.01. The fourth-order valence-electron chi connectivity index (χ4n) is 2.01. The molecule has 1 aliphatic heterocycles. The van der Waals surface area contributed by atoms with Crippen LogP contribution in [0.1, 0.15) is 5.56 Å². The van der Waals surface area contributed by atoms with Crippen LogP contribution in [0.25, 0.3) is 0 Å². The summed E-state index contributed by atoms with van der Waals surface area (Å²) in [6.07, 6.45) is 5.17. The number of allylic oxidation sites excluding steroid dienone is 2. The minimum Gasteiger partial charge on any atom is -0.481 e. The van der Waals surface area contributed by atoms with Gasteiger partial charge in [-0.25, -0.2) is 0 Å². The Morgan fingerprint density at radius 1 is 0.875 bits per heavy atom. The normalized spacial score (nSPS) is 14.3. The van der Waals surface area contributed by atoms with E-state index >= 15 is 0 Å². The van der Waals surface area contributed by atoms with Crippen LogP contribution in [-0.4, -0.2) is 19.4 Å². The number of ether oxygens (including phenoxy) is 2. The SMILES string of the molecule is C1#CCOc2ccc(C=Nc3ccccc3)c(c2)OCC#C/C=C\1. The van der Waals surface area contributed by atoms with Crippen molar-refractivity contribution in [1.82, 2.24) is 0 Å². The van der Waals surface area contributed by atoms with Crippen LogP contribution >= 0.6 is 0 Å². The molecule has 0 spiro atoms. The number of aliphatic imine (C=N–C) groups is 1. The van der Waals surface area contributed by atoms with Crippen molar-refractivity contribution < 1.29 is 9.47 Å². The molecule has 2 aromatic carbocycles. The van der Waals surface area contributed by atoms with Crippen LogP contribution in [-0.2, 0) is 0 Å². The van der Waals surface area contributed by atoms with Crippen LogP contribution in [0.3, 0.4) is 0 Å². The minimum absolute atomic E-state index is 0.285. The molecule has 0 aromatic heterocycles. The molecule has 24 heavy (non-hydrogen) atoms. The standard InChI is InChI=1S/C21H15NO2/c1-2-4-9-15-24-21-16-20(23-14-8-3-1)13-12-18(21)17-22-19-10-6-5-7-11-19/h1-2,5-7,10-13,16-17H,14-15H2/b2-1-,22-17?. The van der Waals surface area contributed by atoms with Gasteiger partial charge < -0.3 is 9.47 Å². The van der Waals surface area contributed by atoms with E-state index in [9.17, 15) is 0 Å². The number of benzene rings is 2. The Morgan fingerprint density at radius 2 is 1.62 bits per heavy atom. The maximum absolute atomic E-state index is 5.76. The first kappa shape index (κ1) is 15.5. The second-order valence-corrected chi connectivity index (χ2v) is 4.85. The van der Waals surface area contributed by atoms with Gasteiger partial charge in [-0.2, -0.15) is 0 Å². The highest BCUT2D eigenvalue weighted by Crippen LogP contribution is 2.24. The van der Waals surface area contributed by atoms with E-state index in [4.69, 9.17) is 9.47 Å². The Bertz CT molecular complexity index is 875. The molecular weight excluding hydrogens is 298 g/mol. The minimum atomic E-state index is 0.285. The number of fused-ring (bicyclic) bond motifs is 2. The first-order chi connectivity index (χ1) is 11.9. The van der Waals surface area contributed by atoms with Gasteiger partial charge in [-0.05, 0) is 36.4 Å². The van der Waals surface area contributed by atoms with Gasteiger partial charge >= 0.3 is 0 Å². The molecule has 0 unspecified atom stereocenters. The average Bonchev–Trinajstić information content (AvgIpc) is 2.64. The first-order valence-electron chi connectivity index (χ1n) is 7.52. The van der Waals surface area contributed by atoms with E-state index in [0.717, 1.165) is 11.3 Å². The van der Waals surface area contributed by atoms with Crippen molar-refractivity contribution >= 4 is 11.9 Å². The third-order valence-corrected chi connectivity index (χ3v) is 3.16. The van der Waals surface area contributed by atoms with Crippen molar-refractivity contribution in [2.24, 2.45) is 4.99 Å². The van der Waals surface area contributed by atoms with Gasteiger partial charge in [0.2, 0.25) is 0 Å². The zero-order chi connectivity index (χ0) is 16.5. The van der Waals surface area contributed by atoms with Gasteiger partial charge in [0.05, 0.1) is 5.69 Å². The number of rotatable bonds is 2. The second kappa shape index (κ2) is 8.27. The van der Waals surface area contributed by atoms with Crippen molar-refractivity contribution in [1.29, 1.82) is 0 Å². The molecule has 116 valence electrons. The molecular formula is C21H15NO2. The molecule has 1 aliphatic rings. The first-order valence-corrected chi connectivity index (χ1v) is 7.52. The summed E-state index contributed by atoms with van der Waals surface area (Å²) in [7, 11) is 0. The fraction of sp³-hybridized carbons (Fsp3) is 0.0952. The predicted molar refractivity (Wildman–Crippen MR) is 95.8 cm³/mol.